The largest absolute Gasteiger partial charge is 0.497 e. The topological polar surface area (TPSA) is 45.3 Å². The number of nitrogens with zero attached hydrogens (tertiary/aromatic N) is 3. The third-order valence-corrected chi connectivity index (χ3v) is 6.10. The SMILES string of the molecule is COc1ccc([C@@H]2CN(C3CCN(C(=O)OC(C)C)CC3)C[C@H]2N(C)C)cc1. The van der Waals surface area contributed by atoms with Gasteiger partial charge in [-0.2, -0.15) is 0 Å². The van der Waals surface area contributed by atoms with Crippen molar-refractivity contribution < 1.29 is 14.3 Å². The second-order valence-corrected chi connectivity index (χ2v) is 8.52. The second-order valence-electron chi connectivity index (χ2n) is 8.52. The van der Waals surface area contributed by atoms with Gasteiger partial charge in [-0.25, -0.2) is 4.79 Å². The van der Waals surface area contributed by atoms with Crippen LogP contribution in [0.2, 0.25) is 0 Å². The van der Waals surface area contributed by atoms with Crippen LogP contribution in [0.5, 0.6) is 5.75 Å². The molecule has 2 saturated heterocycles. The van der Waals surface area contributed by atoms with E-state index in [1.165, 1.54) is 5.56 Å². The Kier molecular flexibility index (Phi) is 6.83. The minimum atomic E-state index is -0.169. The van der Waals surface area contributed by atoms with Gasteiger partial charge in [0.05, 0.1) is 13.2 Å². The molecule has 0 aromatic heterocycles. The first kappa shape index (κ1) is 20.9. The van der Waals surface area contributed by atoms with Crippen molar-refractivity contribution in [3.05, 3.63) is 29.8 Å². The van der Waals surface area contributed by atoms with Gasteiger partial charge in [0.1, 0.15) is 5.75 Å². The molecule has 6 nitrogen and oxygen atoms in total. The Bertz CT molecular complexity index is 639. The lowest BCUT2D eigenvalue weighted by molar-refractivity contribution is 0.0575. The standard InChI is InChI=1S/C22H35N3O3/c1-16(2)28-22(26)24-12-10-18(11-13-24)25-14-20(21(15-25)23(3)4)17-6-8-19(27-5)9-7-17/h6-9,16,18,20-21H,10-15H2,1-5H3/t20-,21+/m0/s1. The predicted octanol–water partition coefficient (Wildman–Crippen LogP) is 3.03. The highest BCUT2D eigenvalue weighted by Crippen LogP contribution is 2.34. The number of rotatable bonds is 5. The first-order chi connectivity index (χ1) is 13.4. The Morgan fingerprint density at radius 3 is 2.29 bits per heavy atom. The Morgan fingerprint density at radius 2 is 1.75 bits per heavy atom. The maximum Gasteiger partial charge on any atom is 0.410 e. The van der Waals surface area contributed by atoms with Gasteiger partial charge in [0.25, 0.3) is 0 Å². The highest BCUT2D eigenvalue weighted by molar-refractivity contribution is 5.67. The van der Waals surface area contributed by atoms with E-state index in [1.54, 1.807) is 7.11 Å². The monoisotopic (exact) mass is 389 g/mol. The molecule has 1 amide bonds. The summed E-state index contributed by atoms with van der Waals surface area (Å²) in [6.07, 6.45) is 1.80. The van der Waals surface area contributed by atoms with Crippen molar-refractivity contribution in [3.8, 4) is 5.75 Å². The van der Waals surface area contributed by atoms with E-state index >= 15 is 0 Å². The van der Waals surface area contributed by atoms with Gasteiger partial charge in [-0.05, 0) is 58.5 Å². The average Bonchev–Trinajstić information content (AvgIpc) is 3.13. The molecule has 0 bridgehead atoms. The summed E-state index contributed by atoms with van der Waals surface area (Å²) in [4.78, 5) is 19.0. The number of carbonyl (C=O) groups excluding carboxylic acids is 1. The molecule has 156 valence electrons. The summed E-state index contributed by atoms with van der Waals surface area (Å²) in [6.45, 7) is 7.51. The van der Waals surface area contributed by atoms with Gasteiger partial charge < -0.3 is 19.3 Å². The molecule has 2 fully saturated rings. The van der Waals surface area contributed by atoms with Crippen LogP contribution in [0.4, 0.5) is 4.79 Å². The molecule has 2 heterocycles. The van der Waals surface area contributed by atoms with Crippen molar-refractivity contribution in [3.63, 3.8) is 0 Å². The minimum absolute atomic E-state index is 0.0603. The number of methoxy groups -OCH3 is 1. The highest BCUT2D eigenvalue weighted by Gasteiger charge is 2.39. The Balaban J connectivity index is 1.62. The van der Waals surface area contributed by atoms with Crippen molar-refractivity contribution in [2.24, 2.45) is 0 Å². The molecule has 28 heavy (non-hydrogen) atoms. The van der Waals surface area contributed by atoms with E-state index in [0.717, 1.165) is 44.8 Å². The first-order valence-electron chi connectivity index (χ1n) is 10.4. The molecule has 0 saturated carbocycles. The third kappa shape index (κ3) is 4.78. The Labute approximate surface area is 169 Å². The van der Waals surface area contributed by atoms with E-state index in [9.17, 15) is 4.79 Å². The molecule has 1 aromatic carbocycles. The maximum absolute atomic E-state index is 12.1. The van der Waals surface area contributed by atoms with Crippen molar-refractivity contribution in [2.75, 3.05) is 47.4 Å². The highest BCUT2D eigenvalue weighted by atomic mass is 16.6. The fraction of sp³-hybridized carbons (Fsp3) is 0.682. The minimum Gasteiger partial charge on any atom is -0.497 e. The van der Waals surface area contributed by atoms with Crippen LogP contribution in [0.3, 0.4) is 0 Å². The van der Waals surface area contributed by atoms with Crippen molar-refractivity contribution in [2.45, 2.75) is 50.8 Å². The number of likely N-dealkylation sites (N-methyl/N-ethyl adjacent to an activating group) is 1. The molecule has 0 spiro atoms. The van der Waals surface area contributed by atoms with E-state index in [-0.39, 0.29) is 12.2 Å². The van der Waals surface area contributed by atoms with Crippen LogP contribution in [-0.2, 0) is 4.74 Å². The molecule has 0 aliphatic carbocycles. The van der Waals surface area contributed by atoms with E-state index in [2.05, 4.69) is 48.2 Å². The predicted molar refractivity (Wildman–Crippen MR) is 111 cm³/mol. The van der Waals surface area contributed by atoms with Gasteiger partial charge in [-0.3, -0.25) is 4.90 Å². The zero-order valence-corrected chi connectivity index (χ0v) is 17.9. The molecule has 0 radical (unpaired) electrons. The van der Waals surface area contributed by atoms with Crippen molar-refractivity contribution in [1.29, 1.82) is 0 Å². The smallest absolute Gasteiger partial charge is 0.410 e. The number of ether oxygens (including phenoxy) is 2. The van der Waals surface area contributed by atoms with E-state index < -0.39 is 0 Å². The lowest BCUT2D eigenvalue weighted by Crippen LogP contribution is -2.47. The summed E-state index contributed by atoms with van der Waals surface area (Å²) >= 11 is 0. The van der Waals surface area contributed by atoms with Crippen molar-refractivity contribution in [1.82, 2.24) is 14.7 Å². The number of carbonyl (C=O) groups is 1. The van der Waals surface area contributed by atoms with E-state index in [1.807, 2.05) is 18.7 Å². The number of hydrogen-bond donors (Lipinski definition) is 0. The summed E-state index contributed by atoms with van der Waals surface area (Å²) in [5.74, 6) is 1.39. The fourth-order valence-electron chi connectivity index (χ4n) is 4.51. The summed E-state index contributed by atoms with van der Waals surface area (Å²) in [5.41, 5.74) is 1.37. The summed E-state index contributed by atoms with van der Waals surface area (Å²) in [6, 6.07) is 9.56. The van der Waals surface area contributed by atoms with Crippen LogP contribution in [0.1, 0.15) is 38.2 Å². The van der Waals surface area contributed by atoms with E-state index in [0.29, 0.717) is 18.0 Å². The molecule has 3 rings (SSSR count). The molecule has 6 heteroatoms. The molecule has 0 unspecified atom stereocenters. The summed E-state index contributed by atoms with van der Waals surface area (Å²) in [7, 11) is 6.06. The lowest BCUT2D eigenvalue weighted by Gasteiger charge is -2.36. The van der Waals surface area contributed by atoms with Crippen LogP contribution in [0.15, 0.2) is 24.3 Å². The zero-order valence-electron chi connectivity index (χ0n) is 17.9. The van der Waals surface area contributed by atoms with Crippen LogP contribution in [0.25, 0.3) is 0 Å². The van der Waals surface area contributed by atoms with Gasteiger partial charge in [0, 0.05) is 44.2 Å². The van der Waals surface area contributed by atoms with E-state index in [4.69, 9.17) is 9.47 Å². The van der Waals surface area contributed by atoms with Gasteiger partial charge in [0.15, 0.2) is 0 Å². The Hall–Kier alpha value is -1.79. The number of benzene rings is 1. The van der Waals surface area contributed by atoms with Gasteiger partial charge in [-0.15, -0.1) is 0 Å². The third-order valence-electron chi connectivity index (χ3n) is 6.10. The van der Waals surface area contributed by atoms with Gasteiger partial charge in [-0.1, -0.05) is 12.1 Å². The molecule has 1 aromatic rings. The fourth-order valence-corrected chi connectivity index (χ4v) is 4.51. The molecular weight excluding hydrogens is 354 g/mol. The lowest BCUT2D eigenvalue weighted by atomic mass is 9.93. The quantitative estimate of drug-likeness (QED) is 0.775. The summed E-state index contributed by atoms with van der Waals surface area (Å²) < 4.78 is 10.7. The van der Waals surface area contributed by atoms with Gasteiger partial charge >= 0.3 is 6.09 Å². The van der Waals surface area contributed by atoms with Crippen molar-refractivity contribution >= 4 is 6.09 Å². The molecule has 2 atom stereocenters. The number of hydrogen-bond acceptors (Lipinski definition) is 5. The first-order valence-corrected chi connectivity index (χ1v) is 10.4. The average molecular weight is 390 g/mol. The number of likely N-dealkylation sites (tertiary alicyclic amines) is 2. The Morgan fingerprint density at radius 1 is 1.11 bits per heavy atom. The molecular formula is C22H35N3O3. The second kappa shape index (κ2) is 9.14. The molecule has 2 aliphatic rings. The molecule has 0 N–H and O–H groups in total. The van der Waals surface area contributed by atoms with Crippen LogP contribution in [0, 0.1) is 0 Å². The molecule has 2 aliphatic heterocycles. The zero-order chi connectivity index (χ0) is 20.3. The summed E-state index contributed by atoms with van der Waals surface area (Å²) in [5, 5.41) is 0. The van der Waals surface area contributed by atoms with Crippen LogP contribution >= 0.6 is 0 Å². The van der Waals surface area contributed by atoms with Crippen LogP contribution < -0.4 is 4.74 Å². The normalized spacial score (nSPS) is 24.2. The van der Waals surface area contributed by atoms with Gasteiger partial charge in [0.2, 0.25) is 0 Å². The maximum atomic E-state index is 12.1. The number of piperidine rings is 1. The van der Waals surface area contributed by atoms with Crippen LogP contribution in [-0.4, -0.2) is 86.4 Å². The number of amides is 1.